The summed E-state index contributed by atoms with van der Waals surface area (Å²) in [5, 5.41) is 0. The SMILES string of the molecule is Cc1ccc(C(=O)OC(CS(=O)(=O)O)(C(F)(F)F)C(F)(F)F)cc1. The lowest BCUT2D eigenvalue weighted by atomic mass is 10.1. The van der Waals surface area contributed by atoms with E-state index in [1.54, 1.807) is 6.92 Å². The van der Waals surface area contributed by atoms with Gasteiger partial charge in [-0.05, 0) is 19.1 Å². The second kappa shape index (κ2) is 6.24. The molecule has 1 rings (SSSR count). The molecule has 0 bridgehead atoms. The van der Waals surface area contributed by atoms with Crippen molar-refractivity contribution in [3.8, 4) is 0 Å². The van der Waals surface area contributed by atoms with Gasteiger partial charge in [-0.3, -0.25) is 4.55 Å². The number of aryl methyl sites for hydroxylation is 1. The van der Waals surface area contributed by atoms with Crippen LogP contribution in [-0.4, -0.2) is 42.6 Å². The predicted octanol–water partition coefficient (Wildman–Crippen LogP) is 2.90. The first-order valence-corrected chi connectivity index (χ1v) is 7.58. The molecular weight excluding hydrogens is 370 g/mol. The lowest BCUT2D eigenvalue weighted by Crippen LogP contribution is -2.63. The van der Waals surface area contributed by atoms with Crippen LogP contribution in [0.15, 0.2) is 24.3 Å². The number of hydrogen-bond donors (Lipinski definition) is 1. The van der Waals surface area contributed by atoms with Crippen LogP contribution < -0.4 is 0 Å². The molecular formula is C12H10F6O5S. The summed E-state index contributed by atoms with van der Waals surface area (Å²) in [4.78, 5) is 11.7. The third-order valence-electron chi connectivity index (χ3n) is 2.86. The standard InChI is InChI=1S/C12H10F6O5S/c1-7-2-4-8(5-3-7)9(19)23-10(11(13,14)15,12(16,17)18)6-24(20,21)22/h2-5H,6H2,1H3,(H,20,21,22). The van der Waals surface area contributed by atoms with Gasteiger partial charge in [0.2, 0.25) is 0 Å². The topological polar surface area (TPSA) is 80.7 Å². The molecule has 0 heterocycles. The van der Waals surface area contributed by atoms with E-state index in [0.29, 0.717) is 5.56 Å². The number of esters is 1. The molecule has 0 saturated heterocycles. The van der Waals surface area contributed by atoms with Crippen LogP contribution in [0.2, 0.25) is 0 Å². The molecule has 1 aromatic rings. The maximum Gasteiger partial charge on any atom is 0.438 e. The van der Waals surface area contributed by atoms with E-state index in [1.165, 1.54) is 12.1 Å². The monoisotopic (exact) mass is 380 g/mol. The van der Waals surface area contributed by atoms with E-state index in [4.69, 9.17) is 4.55 Å². The molecule has 24 heavy (non-hydrogen) atoms. The third-order valence-corrected chi connectivity index (χ3v) is 3.63. The summed E-state index contributed by atoms with van der Waals surface area (Å²) in [5.74, 6) is -4.96. The maximum absolute atomic E-state index is 13.0. The average Bonchev–Trinajstić information content (AvgIpc) is 2.34. The van der Waals surface area contributed by atoms with Crippen molar-refractivity contribution in [2.24, 2.45) is 0 Å². The summed E-state index contributed by atoms with van der Waals surface area (Å²) in [7, 11) is -5.80. The number of carbonyl (C=O) groups is 1. The summed E-state index contributed by atoms with van der Waals surface area (Å²) < 4.78 is 111. The second-order valence-electron chi connectivity index (χ2n) is 4.80. The van der Waals surface area contributed by atoms with E-state index in [-0.39, 0.29) is 0 Å². The summed E-state index contributed by atoms with van der Waals surface area (Å²) >= 11 is 0. The van der Waals surface area contributed by atoms with Crippen molar-refractivity contribution in [1.82, 2.24) is 0 Å². The fraction of sp³-hybridized carbons (Fsp3) is 0.417. The molecule has 1 N–H and O–H groups in total. The van der Waals surface area contributed by atoms with Gasteiger partial charge in [-0.25, -0.2) is 4.79 Å². The van der Waals surface area contributed by atoms with Crippen LogP contribution in [0, 0.1) is 6.92 Å². The second-order valence-corrected chi connectivity index (χ2v) is 6.26. The minimum Gasteiger partial charge on any atom is -0.435 e. The normalized spacial score (nSPS) is 13.7. The van der Waals surface area contributed by atoms with Crippen molar-refractivity contribution in [2.45, 2.75) is 24.9 Å². The van der Waals surface area contributed by atoms with Crippen molar-refractivity contribution >= 4 is 16.1 Å². The van der Waals surface area contributed by atoms with Gasteiger partial charge in [0.25, 0.3) is 10.1 Å². The van der Waals surface area contributed by atoms with Gasteiger partial charge < -0.3 is 4.74 Å². The van der Waals surface area contributed by atoms with Crippen LogP contribution in [0.5, 0.6) is 0 Å². The Balaban J connectivity index is 3.42. The number of halogens is 6. The van der Waals surface area contributed by atoms with Crippen molar-refractivity contribution in [2.75, 3.05) is 5.75 Å². The molecule has 0 saturated carbocycles. The fourth-order valence-corrected chi connectivity index (χ4v) is 2.53. The number of ether oxygens (including phenoxy) is 1. The van der Waals surface area contributed by atoms with Gasteiger partial charge in [0.05, 0.1) is 5.56 Å². The van der Waals surface area contributed by atoms with Gasteiger partial charge in [0.1, 0.15) is 5.75 Å². The quantitative estimate of drug-likeness (QED) is 0.494. The number of hydrogen-bond acceptors (Lipinski definition) is 4. The Morgan fingerprint density at radius 1 is 1.04 bits per heavy atom. The molecule has 0 fully saturated rings. The molecule has 5 nitrogen and oxygen atoms in total. The van der Waals surface area contributed by atoms with Gasteiger partial charge >= 0.3 is 23.9 Å². The maximum atomic E-state index is 13.0. The summed E-state index contributed by atoms with van der Waals surface area (Å²) in [6.07, 6.45) is -12.7. The van der Waals surface area contributed by atoms with Gasteiger partial charge in [0.15, 0.2) is 0 Å². The van der Waals surface area contributed by atoms with E-state index in [0.717, 1.165) is 12.1 Å². The molecule has 0 spiro atoms. The Kier molecular flexibility index (Phi) is 5.26. The molecule has 0 aliphatic rings. The van der Waals surface area contributed by atoms with E-state index in [1.807, 2.05) is 0 Å². The lowest BCUT2D eigenvalue weighted by molar-refractivity contribution is -0.356. The zero-order valence-corrected chi connectivity index (χ0v) is 12.6. The molecule has 0 aromatic heterocycles. The predicted molar refractivity (Wildman–Crippen MR) is 67.9 cm³/mol. The van der Waals surface area contributed by atoms with Crippen LogP contribution in [0.4, 0.5) is 26.3 Å². The first-order chi connectivity index (χ1) is 10.6. The number of rotatable bonds is 4. The highest BCUT2D eigenvalue weighted by Gasteiger charge is 2.76. The molecule has 0 amide bonds. The Bertz CT molecular complexity index is 691. The molecule has 0 unspecified atom stereocenters. The van der Waals surface area contributed by atoms with Crippen LogP contribution in [0.3, 0.4) is 0 Å². The highest BCUT2D eigenvalue weighted by Crippen LogP contribution is 2.47. The van der Waals surface area contributed by atoms with Crippen molar-refractivity contribution in [3.63, 3.8) is 0 Å². The Morgan fingerprint density at radius 2 is 1.46 bits per heavy atom. The van der Waals surface area contributed by atoms with Gasteiger partial charge in [-0.2, -0.15) is 34.8 Å². The van der Waals surface area contributed by atoms with Crippen molar-refractivity contribution in [3.05, 3.63) is 35.4 Å². The molecule has 0 radical (unpaired) electrons. The zero-order valence-electron chi connectivity index (χ0n) is 11.8. The minimum atomic E-state index is -6.35. The first kappa shape index (κ1) is 20.2. The number of alkyl halides is 6. The van der Waals surface area contributed by atoms with Gasteiger partial charge in [0, 0.05) is 0 Å². The zero-order chi connectivity index (χ0) is 19.0. The summed E-state index contributed by atoms with van der Waals surface area (Å²) in [6.45, 7) is 1.54. The highest BCUT2D eigenvalue weighted by atomic mass is 32.2. The summed E-state index contributed by atoms with van der Waals surface area (Å²) in [6, 6.07) is 4.26. The Labute approximate surface area is 132 Å². The van der Waals surface area contributed by atoms with Crippen LogP contribution in [0.1, 0.15) is 15.9 Å². The first-order valence-electron chi connectivity index (χ1n) is 5.98. The van der Waals surface area contributed by atoms with E-state index < -0.39 is 45.4 Å². The van der Waals surface area contributed by atoms with Crippen LogP contribution in [0.25, 0.3) is 0 Å². The molecule has 0 atom stereocenters. The van der Waals surface area contributed by atoms with Crippen LogP contribution in [-0.2, 0) is 14.9 Å². The number of carbonyl (C=O) groups excluding carboxylic acids is 1. The smallest absolute Gasteiger partial charge is 0.435 e. The van der Waals surface area contributed by atoms with E-state index in [9.17, 15) is 39.6 Å². The van der Waals surface area contributed by atoms with Crippen molar-refractivity contribution < 1.29 is 48.8 Å². The Hall–Kier alpha value is -1.82. The van der Waals surface area contributed by atoms with E-state index >= 15 is 0 Å². The largest absolute Gasteiger partial charge is 0.438 e. The molecule has 0 aliphatic carbocycles. The lowest BCUT2D eigenvalue weighted by Gasteiger charge is -2.35. The third kappa shape index (κ3) is 4.38. The number of benzene rings is 1. The molecule has 1 aromatic carbocycles. The molecule has 0 aliphatic heterocycles. The fourth-order valence-electron chi connectivity index (χ4n) is 1.63. The Morgan fingerprint density at radius 3 is 1.79 bits per heavy atom. The van der Waals surface area contributed by atoms with Gasteiger partial charge in [-0.1, -0.05) is 17.7 Å². The minimum absolute atomic E-state index is 0.558. The average molecular weight is 380 g/mol. The van der Waals surface area contributed by atoms with Gasteiger partial charge in [-0.15, -0.1) is 0 Å². The molecule has 12 heteroatoms. The highest BCUT2D eigenvalue weighted by molar-refractivity contribution is 7.85. The van der Waals surface area contributed by atoms with Crippen molar-refractivity contribution in [1.29, 1.82) is 0 Å². The molecule has 136 valence electrons. The van der Waals surface area contributed by atoms with E-state index in [2.05, 4.69) is 4.74 Å². The van der Waals surface area contributed by atoms with Crippen LogP contribution >= 0.6 is 0 Å². The summed E-state index contributed by atoms with van der Waals surface area (Å²) in [5.41, 5.74) is -5.51.